The third kappa shape index (κ3) is 4.17. The minimum atomic E-state index is -0.202. The average molecular weight is 479 g/mol. The van der Waals surface area contributed by atoms with E-state index in [2.05, 4.69) is 15.5 Å². The van der Waals surface area contributed by atoms with Crippen molar-refractivity contribution in [3.05, 3.63) is 58.8 Å². The van der Waals surface area contributed by atoms with Gasteiger partial charge < -0.3 is 10.2 Å². The highest BCUT2D eigenvalue weighted by Gasteiger charge is 2.23. The van der Waals surface area contributed by atoms with E-state index in [9.17, 15) is 4.79 Å². The van der Waals surface area contributed by atoms with Gasteiger partial charge in [-0.2, -0.15) is 10.2 Å². The minimum absolute atomic E-state index is 0.202. The first-order valence-electron chi connectivity index (χ1n) is 11.4. The van der Waals surface area contributed by atoms with Crippen LogP contribution in [0.4, 0.5) is 0 Å². The highest BCUT2D eigenvalue weighted by atomic mass is 35.5. The molecule has 1 aromatic carbocycles. The van der Waals surface area contributed by atoms with Crippen LogP contribution in [0.5, 0.6) is 0 Å². The van der Waals surface area contributed by atoms with Crippen molar-refractivity contribution in [3.63, 3.8) is 0 Å². The van der Waals surface area contributed by atoms with Gasteiger partial charge in [-0.15, -0.1) is 0 Å². The number of carbonyl (C=O) groups is 1. The first-order valence-corrected chi connectivity index (χ1v) is 11.8. The number of benzene rings is 1. The van der Waals surface area contributed by atoms with Gasteiger partial charge in [0.05, 0.1) is 29.5 Å². The fraction of sp³-hybridized carbons (Fsp3) is 0.375. The molecule has 1 unspecified atom stereocenters. The lowest BCUT2D eigenvalue weighted by molar-refractivity contribution is 0.0781. The van der Waals surface area contributed by atoms with Crippen LogP contribution in [0.15, 0.2) is 36.8 Å². The zero-order valence-corrected chi connectivity index (χ0v) is 20.2. The Labute approximate surface area is 202 Å². The van der Waals surface area contributed by atoms with E-state index in [1.165, 1.54) is 0 Å². The van der Waals surface area contributed by atoms with E-state index in [1.807, 2.05) is 41.7 Å². The summed E-state index contributed by atoms with van der Waals surface area (Å²) in [5.41, 5.74) is 3.81. The van der Waals surface area contributed by atoms with E-state index in [0.29, 0.717) is 40.0 Å². The molecule has 1 aliphatic heterocycles. The molecule has 10 heteroatoms. The smallest absolute Gasteiger partial charge is 0.273 e. The molecule has 1 atom stereocenters. The van der Waals surface area contributed by atoms with Crippen molar-refractivity contribution in [2.24, 2.45) is 0 Å². The number of halogens is 1. The van der Waals surface area contributed by atoms with Crippen LogP contribution in [-0.2, 0) is 13.1 Å². The lowest BCUT2D eigenvalue weighted by Crippen LogP contribution is -2.27. The van der Waals surface area contributed by atoms with Crippen LogP contribution in [-0.4, -0.2) is 60.5 Å². The summed E-state index contributed by atoms with van der Waals surface area (Å²) in [6.07, 6.45) is 6.56. The van der Waals surface area contributed by atoms with Gasteiger partial charge in [-0.25, -0.2) is 9.97 Å². The molecule has 4 heterocycles. The summed E-state index contributed by atoms with van der Waals surface area (Å²) < 4.78 is 3.87. The van der Waals surface area contributed by atoms with Crippen LogP contribution in [0.2, 0.25) is 5.02 Å². The topological polar surface area (TPSA) is 93.8 Å². The summed E-state index contributed by atoms with van der Waals surface area (Å²) in [6.45, 7) is 7.14. The number of rotatable bonds is 6. The van der Waals surface area contributed by atoms with Gasteiger partial charge in [0.15, 0.2) is 5.82 Å². The van der Waals surface area contributed by atoms with E-state index >= 15 is 0 Å². The minimum Gasteiger partial charge on any atom is -0.336 e. The molecule has 0 aliphatic carbocycles. The summed E-state index contributed by atoms with van der Waals surface area (Å²) in [4.78, 5) is 24.7. The Hall–Kier alpha value is -3.30. The van der Waals surface area contributed by atoms with Gasteiger partial charge in [-0.05, 0) is 45.0 Å². The summed E-state index contributed by atoms with van der Waals surface area (Å²) in [7, 11) is 1.77. The summed E-state index contributed by atoms with van der Waals surface area (Å²) >= 11 is 6.27. The van der Waals surface area contributed by atoms with Crippen molar-refractivity contribution >= 4 is 28.4 Å². The molecule has 34 heavy (non-hydrogen) atoms. The molecule has 176 valence electrons. The van der Waals surface area contributed by atoms with Gasteiger partial charge in [0, 0.05) is 54.5 Å². The highest BCUT2D eigenvalue weighted by Crippen LogP contribution is 2.26. The van der Waals surface area contributed by atoms with Gasteiger partial charge in [-0.3, -0.25) is 14.2 Å². The average Bonchev–Trinajstić information content (AvgIpc) is 3.60. The molecule has 3 aromatic heterocycles. The summed E-state index contributed by atoms with van der Waals surface area (Å²) in [6, 6.07) is 5.65. The van der Waals surface area contributed by atoms with E-state index in [4.69, 9.17) is 21.6 Å². The van der Waals surface area contributed by atoms with E-state index in [-0.39, 0.29) is 5.91 Å². The summed E-state index contributed by atoms with van der Waals surface area (Å²) in [5, 5.41) is 13.4. The maximum Gasteiger partial charge on any atom is 0.273 e. The zero-order chi connectivity index (χ0) is 23.8. The molecule has 9 nitrogen and oxygen atoms in total. The molecule has 5 rings (SSSR count). The van der Waals surface area contributed by atoms with Gasteiger partial charge in [0.2, 0.25) is 0 Å². The van der Waals surface area contributed by atoms with Gasteiger partial charge in [0.25, 0.3) is 5.91 Å². The number of aromatic nitrogens is 6. The number of aryl methyl sites for hydroxylation is 1. The molecule has 1 aliphatic rings. The van der Waals surface area contributed by atoms with Crippen LogP contribution in [0, 0.1) is 6.92 Å². The second-order valence-electron chi connectivity index (χ2n) is 8.65. The van der Waals surface area contributed by atoms with Crippen LogP contribution in [0.1, 0.15) is 41.1 Å². The fourth-order valence-corrected chi connectivity index (χ4v) is 4.55. The number of hydrogen-bond donors (Lipinski definition) is 1. The fourth-order valence-electron chi connectivity index (χ4n) is 4.38. The Bertz CT molecular complexity index is 1350. The number of nitrogens with one attached hydrogen (secondary N) is 1. The molecule has 0 radical (unpaired) electrons. The largest absolute Gasteiger partial charge is 0.336 e. The van der Waals surface area contributed by atoms with Crippen molar-refractivity contribution in [1.29, 1.82) is 0 Å². The van der Waals surface area contributed by atoms with Crippen molar-refractivity contribution < 1.29 is 4.79 Å². The number of fused-ring (bicyclic) bond motifs is 1. The molecular weight excluding hydrogens is 452 g/mol. The third-order valence-corrected chi connectivity index (χ3v) is 6.62. The van der Waals surface area contributed by atoms with Gasteiger partial charge in [-0.1, -0.05) is 11.6 Å². The second kappa shape index (κ2) is 9.15. The molecule has 4 aromatic rings. The Balaban J connectivity index is 1.51. The molecule has 0 saturated carbocycles. The number of nitrogens with zero attached hydrogens (tertiary/aromatic N) is 7. The Kier molecular flexibility index (Phi) is 6.05. The van der Waals surface area contributed by atoms with Crippen LogP contribution in [0.3, 0.4) is 0 Å². The Morgan fingerprint density at radius 1 is 1.26 bits per heavy atom. The van der Waals surface area contributed by atoms with Gasteiger partial charge >= 0.3 is 0 Å². The maximum absolute atomic E-state index is 13.6. The maximum atomic E-state index is 13.6. The van der Waals surface area contributed by atoms with Crippen LogP contribution in [0.25, 0.3) is 22.3 Å². The first-order chi connectivity index (χ1) is 16.4. The molecule has 1 amide bonds. The Morgan fingerprint density at radius 3 is 2.85 bits per heavy atom. The second-order valence-corrected chi connectivity index (χ2v) is 9.08. The van der Waals surface area contributed by atoms with E-state index in [0.717, 1.165) is 42.9 Å². The lowest BCUT2D eigenvalue weighted by Gasteiger charge is -2.18. The number of amides is 1. The van der Waals surface area contributed by atoms with Crippen molar-refractivity contribution in [3.8, 4) is 11.4 Å². The third-order valence-electron chi connectivity index (χ3n) is 6.39. The van der Waals surface area contributed by atoms with Gasteiger partial charge in [0.1, 0.15) is 5.69 Å². The monoisotopic (exact) mass is 478 g/mol. The predicted molar refractivity (Wildman–Crippen MR) is 131 cm³/mol. The molecular formula is C24H27ClN8O. The standard InChI is InChI=1S/C24H27ClN8O/c1-4-32-15(2)16(10-27-32)13-31(3)24(34)22-20-9-18(25)5-6-21(20)29-23(30-22)17-11-28-33(14-17)19-7-8-26-12-19/h5-6,9-11,14,19,26H,4,7-8,12-13H2,1-3H3. The van der Waals surface area contributed by atoms with Crippen molar-refractivity contribution in [2.45, 2.75) is 39.4 Å². The quantitative estimate of drug-likeness (QED) is 0.456. The molecule has 1 fully saturated rings. The van der Waals surface area contributed by atoms with E-state index in [1.54, 1.807) is 30.3 Å². The van der Waals surface area contributed by atoms with Crippen LogP contribution < -0.4 is 5.32 Å². The molecule has 1 N–H and O–H groups in total. The highest BCUT2D eigenvalue weighted by molar-refractivity contribution is 6.31. The first kappa shape index (κ1) is 22.5. The molecule has 1 saturated heterocycles. The zero-order valence-electron chi connectivity index (χ0n) is 19.5. The molecule has 0 bridgehead atoms. The molecule has 0 spiro atoms. The lowest BCUT2D eigenvalue weighted by atomic mass is 10.1. The number of hydrogen-bond acceptors (Lipinski definition) is 6. The summed E-state index contributed by atoms with van der Waals surface area (Å²) in [5.74, 6) is 0.269. The SMILES string of the molecule is CCn1ncc(CN(C)C(=O)c2nc(-c3cnn(C4CCNC4)c3)nc3ccc(Cl)cc23)c1C. The predicted octanol–water partition coefficient (Wildman–Crippen LogP) is 3.48. The van der Waals surface area contributed by atoms with Crippen molar-refractivity contribution in [2.75, 3.05) is 20.1 Å². The van der Waals surface area contributed by atoms with Crippen LogP contribution >= 0.6 is 11.6 Å². The van der Waals surface area contributed by atoms with Crippen molar-refractivity contribution in [1.82, 2.24) is 39.7 Å². The number of carbonyl (C=O) groups excluding carboxylic acids is 1. The van der Waals surface area contributed by atoms with E-state index < -0.39 is 0 Å². The normalized spacial score (nSPS) is 15.8. The Morgan fingerprint density at radius 2 is 2.12 bits per heavy atom.